The Morgan fingerprint density at radius 1 is 1.35 bits per heavy atom. The molecule has 3 aromatic rings. The van der Waals surface area contributed by atoms with Crippen LogP contribution >= 0.6 is 11.3 Å². The Balaban J connectivity index is 2.27. The van der Waals surface area contributed by atoms with E-state index in [0.717, 1.165) is 23.5 Å². The molecule has 1 amide bonds. The number of ether oxygens (including phenoxy) is 1. The molecule has 0 aliphatic rings. The highest BCUT2D eigenvalue weighted by Gasteiger charge is 2.36. The van der Waals surface area contributed by atoms with E-state index in [0.29, 0.717) is 0 Å². The van der Waals surface area contributed by atoms with E-state index in [9.17, 15) is 27.9 Å². The Hall–Kier alpha value is -3.25. The number of nitrogens with one attached hydrogen (secondary N) is 1. The van der Waals surface area contributed by atoms with Gasteiger partial charge in [-0.15, -0.1) is 11.3 Å². The molecule has 1 atom stereocenters. The molecule has 0 saturated carbocycles. The van der Waals surface area contributed by atoms with Gasteiger partial charge in [-0.25, -0.2) is 9.97 Å². The first-order valence-corrected chi connectivity index (χ1v) is 9.88. The second-order valence-corrected chi connectivity index (χ2v) is 7.20. The Morgan fingerprint density at radius 2 is 2.10 bits per heavy atom. The van der Waals surface area contributed by atoms with Crippen LogP contribution < -0.4 is 11.1 Å². The van der Waals surface area contributed by atoms with Gasteiger partial charge in [0.25, 0.3) is 5.91 Å². The van der Waals surface area contributed by atoms with Gasteiger partial charge in [0.1, 0.15) is 17.4 Å². The molecule has 0 saturated heterocycles. The number of fused-ring (bicyclic) bond motifs is 1. The molecule has 0 radical (unpaired) electrons. The number of nitrogens with zero attached hydrogens (tertiary/aromatic N) is 2. The summed E-state index contributed by atoms with van der Waals surface area (Å²) in [7, 11) is 0. The van der Waals surface area contributed by atoms with Crippen LogP contribution in [0.15, 0.2) is 29.8 Å². The summed E-state index contributed by atoms with van der Waals surface area (Å²) in [6.07, 6.45) is -4.48. The molecule has 0 aliphatic heterocycles. The number of rotatable bonds is 6. The summed E-state index contributed by atoms with van der Waals surface area (Å²) in [5.41, 5.74) is 2.85. The fourth-order valence-electron chi connectivity index (χ4n) is 2.96. The first-order valence-electron chi connectivity index (χ1n) is 9.00. The molecule has 12 heteroatoms. The van der Waals surface area contributed by atoms with Crippen molar-refractivity contribution in [2.45, 2.75) is 25.6 Å². The molecule has 8 nitrogen and oxygen atoms in total. The van der Waals surface area contributed by atoms with E-state index in [1.165, 1.54) is 12.3 Å². The summed E-state index contributed by atoms with van der Waals surface area (Å²) in [6, 6.07) is 3.12. The van der Waals surface area contributed by atoms with E-state index in [1.807, 2.05) is 0 Å². The number of hydrogen-bond acceptors (Lipinski definition) is 8. The lowest BCUT2D eigenvalue weighted by molar-refractivity contribution is -0.148. The number of halogens is 3. The summed E-state index contributed by atoms with van der Waals surface area (Å²) in [6.45, 7) is 1.10. The van der Waals surface area contributed by atoms with Gasteiger partial charge in [0.15, 0.2) is 5.13 Å². The predicted octanol–water partition coefficient (Wildman–Crippen LogP) is 3.62. The van der Waals surface area contributed by atoms with Gasteiger partial charge >= 0.3 is 12.1 Å². The Kier molecular flexibility index (Phi) is 6.41. The number of nitrogens with two attached hydrogens (primary N) is 1. The number of anilines is 1. The fourth-order valence-corrected chi connectivity index (χ4v) is 3.48. The highest BCUT2D eigenvalue weighted by Crippen LogP contribution is 2.40. The summed E-state index contributed by atoms with van der Waals surface area (Å²) in [4.78, 5) is 32.6. The normalized spacial score (nSPS) is 12.5. The SMILES string of the molecule is CCC(OC(=O)CN)c1nc2c(C(F)(F)F)cccc2c(O)c1C(=O)Nc1nccs1. The van der Waals surface area contributed by atoms with Gasteiger partial charge in [-0.2, -0.15) is 13.2 Å². The maximum absolute atomic E-state index is 13.5. The van der Waals surface area contributed by atoms with Crippen LogP contribution in [0.1, 0.15) is 41.1 Å². The van der Waals surface area contributed by atoms with Gasteiger partial charge in [-0.3, -0.25) is 14.9 Å². The average Bonchev–Trinajstić information content (AvgIpc) is 3.23. The zero-order valence-corrected chi connectivity index (χ0v) is 16.9. The molecular weight excluding hydrogens is 437 g/mol. The smallest absolute Gasteiger partial charge is 0.418 e. The third-order valence-electron chi connectivity index (χ3n) is 4.32. The number of alkyl halides is 3. The second kappa shape index (κ2) is 8.86. The van der Waals surface area contributed by atoms with Crippen molar-refractivity contribution >= 4 is 39.2 Å². The lowest BCUT2D eigenvalue weighted by Crippen LogP contribution is -2.23. The summed E-state index contributed by atoms with van der Waals surface area (Å²) in [5.74, 6) is -2.43. The third kappa shape index (κ3) is 4.59. The minimum Gasteiger partial charge on any atom is -0.506 e. The van der Waals surface area contributed by atoms with Gasteiger partial charge in [0.2, 0.25) is 0 Å². The molecule has 31 heavy (non-hydrogen) atoms. The summed E-state index contributed by atoms with van der Waals surface area (Å²) >= 11 is 1.10. The lowest BCUT2D eigenvalue weighted by atomic mass is 9.99. The highest BCUT2D eigenvalue weighted by atomic mass is 32.1. The lowest BCUT2D eigenvalue weighted by Gasteiger charge is -2.21. The largest absolute Gasteiger partial charge is 0.506 e. The van der Waals surface area contributed by atoms with Crippen molar-refractivity contribution in [2.75, 3.05) is 11.9 Å². The Bertz CT molecular complexity index is 1120. The number of aromatic hydroxyl groups is 1. The molecule has 4 N–H and O–H groups in total. The number of aromatic nitrogens is 2. The second-order valence-electron chi connectivity index (χ2n) is 6.30. The van der Waals surface area contributed by atoms with Gasteiger partial charge in [0, 0.05) is 17.0 Å². The van der Waals surface area contributed by atoms with Crippen LogP contribution in [-0.2, 0) is 15.7 Å². The number of carbonyl (C=O) groups is 2. The van der Waals surface area contributed by atoms with Crippen LogP contribution in [-0.4, -0.2) is 33.5 Å². The van der Waals surface area contributed by atoms with E-state index in [2.05, 4.69) is 15.3 Å². The predicted molar refractivity (Wildman–Crippen MR) is 107 cm³/mol. The van der Waals surface area contributed by atoms with Crippen molar-refractivity contribution in [3.8, 4) is 5.75 Å². The number of thiazole rings is 1. The molecule has 0 fully saturated rings. The molecule has 0 aliphatic carbocycles. The molecule has 2 aromatic heterocycles. The van der Waals surface area contributed by atoms with E-state index in [1.54, 1.807) is 12.3 Å². The van der Waals surface area contributed by atoms with Crippen molar-refractivity contribution in [1.82, 2.24) is 9.97 Å². The van der Waals surface area contributed by atoms with Gasteiger partial charge in [-0.1, -0.05) is 13.0 Å². The maximum atomic E-state index is 13.5. The zero-order chi connectivity index (χ0) is 22.8. The molecule has 3 rings (SSSR count). The van der Waals surface area contributed by atoms with E-state index < -0.39 is 53.1 Å². The quantitative estimate of drug-likeness (QED) is 0.486. The van der Waals surface area contributed by atoms with Crippen LogP contribution in [0.25, 0.3) is 10.9 Å². The van der Waals surface area contributed by atoms with Crippen molar-refractivity contribution in [3.63, 3.8) is 0 Å². The molecule has 0 bridgehead atoms. The average molecular weight is 454 g/mol. The Morgan fingerprint density at radius 3 is 2.68 bits per heavy atom. The van der Waals surface area contributed by atoms with E-state index >= 15 is 0 Å². The highest BCUT2D eigenvalue weighted by molar-refractivity contribution is 7.13. The summed E-state index contributed by atoms with van der Waals surface area (Å²) in [5, 5.41) is 14.8. The number of para-hydroxylation sites is 1. The standard InChI is InChI=1S/C19H17F3N4O4S/c1-2-11(30-12(27)8-23)15-13(17(29)26-18-24-6-7-31-18)16(28)9-4-3-5-10(14(9)25-15)19(20,21)22/h3-7,11H,2,8,23H2,1H3,(H,25,28)(H,24,26,29). The van der Waals surface area contributed by atoms with Crippen LogP contribution in [0.2, 0.25) is 0 Å². The van der Waals surface area contributed by atoms with Gasteiger partial charge < -0.3 is 15.6 Å². The van der Waals surface area contributed by atoms with Gasteiger partial charge in [0.05, 0.1) is 23.3 Å². The first kappa shape index (κ1) is 22.4. The van der Waals surface area contributed by atoms with Crippen LogP contribution in [0.5, 0.6) is 5.75 Å². The monoisotopic (exact) mass is 454 g/mol. The molecule has 1 aromatic carbocycles. The third-order valence-corrected chi connectivity index (χ3v) is 5.01. The molecule has 1 unspecified atom stereocenters. The minimum atomic E-state index is -4.77. The van der Waals surface area contributed by atoms with E-state index in [-0.39, 0.29) is 22.6 Å². The fraction of sp³-hybridized carbons (Fsp3) is 0.263. The number of carbonyl (C=O) groups excluding carboxylic acids is 2. The van der Waals surface area contributed by atoms with Crippen molar-refractivity contribution in [2.24, 2.45) is 5.73 Å². The van der Waals surface area contributed by atoms with Crippen LogP contribution in [0.3, 0.4) is 0 Å². The molecule has 2 heterocycles. The van der Waals surface area contributed by atoms with Crippen LogP contribution in [0.4, 0.5) is 18.3 Å². The number of esters is 1. The van der Waals surface area contributed by atoms with E-state index in [4.69, 9.17) is 10.5 Å². The maximum Gasteiger partial charge on any atom is 0.418 e. The first-order chi connectivity index (χ1) is 14.7. The molecule has 164 valence electrons. The topological polar surface area (TPSA) is 127 Å². The minimum absolute atomic E-state index is 0.0649. The number of pyridine rings is 1. The molecular formula is C19H17F3N4O4S. The molecule has 0 spiro atoms. The summed E-state index contributed by atoms with van der Waals surface area (Å²) < 4.78 is 45.8. The number of amides is 1. The number of hydrogen-bond donors (Lipinski definition) is 3. The number of benzene rings is 1. The van der Waals surface area contributed by atoms with Crippen molar-refractivity contribution < 1.29 is 32.6 Å². The Labute approximate surface area is 177 Å². The van der Waals surface area contributed by atoms with Gasteiger partial charge in [-0.05, 0) is 18.6 Å². The zero-order valence-electron chi connectivity index (χ0n) is 16.1. The van der Waals surface area contributed by atoms with Crippen LogP contribution in [0, 0.1) is 0 Å². The van der Waals surface area contributed by atoms with Crippen molar-refractivity contribution in [3.05, 3.63) is 46.6 Å². The van der Waals surface area contributed by atoms with Crippen molar-refractivity contribution in [1.29, 1.82) is 0 Å².